The summed E-state index contributed by atoms with van der Waals surface area (Å²) in [5.74, 6) is 0. The number of β-amino-alcohol motifs (C(OH)–C–C–N with tert-alkyl or cyclic N) is 1. The van der Waals surface area contributed by atoms with Crippen molar-refractivity contribution in [2.75, 3.05) is 39.4 Å². The molecule has 0 aromatic rings. The van der Waals surface area contributed by atoms with E-state index < -0.39 is 17.7 Å². The van der Waals surface area contributed by atoms with Gasteiger partial charge in [-0.1, -0.05) is 0 Å². The van der Waals surface area contributed by atoms with E-state index in [0.717, 1.165) is 0 Å². The first-order valence-corrected chi connectivity index (χ1v) is 6.35. The van der Waals surface area contributed by atoms with Gasteiger partial charge in [-0.3, -0.25) is 4.90 Å². The van der Waals surface area contributed by atoms with Crippen molar-refractivity contribution in [3.05, 3.63) is 0 Å². The minimum Gasteiger partial charge on any atom is -0.465 e. The first kappa shape index (κ1) is 18.1. The molecule has 114 valence electrons. The standard InChI is InChI=1S/C12H26N2O5/c1-12(2,3)14(11(18)19)9-10(17)8-13(4-6-15)5-7-16/h10,15-17H,4-9H2,1-3H3,(H,18,19). The van der Waals surface area contributed by atoms with Crippen LogP contribution in [-0.4, -0.2) is 87.4 Å². The average molecular weight is 278 g/mol. The van der Waals surface area contributed by atoms with Gasteiger partial charge in [0, 0.05) is 25.2 Å². The van der Waals surface area contributed by atoms with E-state index in [1.54, 1.807) is 25.7 Å². The molecule has 0 fully saturated rings. The molecule has 1 unspecified atom stereocenters. The van der Waals surface area contributed by atoms with Crippen molar-refractivity contribution < 1.29 is 25.2 Å². The molecule has 1 amide bonds. The van der Waals surface area contributed by atoms with E-state index in [1.165, 1.54) is 4.90 Å². The highest BCUT2D eigenvalue weighted by Crippen LogP contribution is 2.14. The molecule has 0 heterocycles. The van der Waals surface area contributed by atoms with Crippen LogP contribution in [0.15, 0.2) is 0 Å². The highest BCUT2D eigenvalue weighted by Gasteiger charge is 2.28. The van der Waals surface area contributed by atoms with Crippen molar-refractivity contribution >= 4 is 6.09 Å². The van der Waals surface area contributed by atoms with Crippen LogP contribution in [0.4, 0.5) is 4.79 Å². The number of aliphatic hydroxyl groups excluding tert-OH is 3. The van der Waals surface area contributed by atoms with Crippen LogP contribution in [-0.2, 0) is 0 Å². The molecule has 0 aromatic carbocycles. The number of amides is 1. The van der Waals surface area contributed by atoms with E-state index in [2.05, 4.69) is 0 Å². The second-order valence-corrected chi connectivity index (χ2v) is 5.47. The van der Waals surface area contributed by atoms with E-state index in [1.807, 2.05) is 0 Å². The van der Waals surface area contributed by atoms with E-state index in [-0.39, 0.29) is 26.3 Å². The monoisotopic (exact) mass is 278 g/mol. The Kier molecular flexibility index (Phi) is 7.93. The average Bonchev–Trinajstić information content (AvgIpc) is 2.24. The van der Waals surface area contributed by atoms with Crippen LogP contribution in [0.1, 0.15) is 20.8 Å². The molecule has 0 saturated heterocycles. The van der Waals surface area contributed by atoms with E-state index in [4.69, 9.17) is 15.3 Å². The number of nitrogens with zero attached hydrogens (tertiary/aromatic N) is 2. The highest BCUT2D eigenvalue weighted by atomic mass is 16.4. The van der Waals surface area contributed by atoms with Crippen LogP contribution >= 0.6 is 0 Å². The van der Waals surface area contributed by atoms with Crippen LogP contribution in [0.2, 0.25) is 0 Å². The Labute approximate surface area is 114 Å². The second kappa shape index (κ2) is 8.31. The van der Waals surface area contributed by atoms with Crippen molar-refractivity contribution in [1.82, 2.24) is 9.80 Å². The first-order valence-electron chi connectivity index (χ1n) is 6.35. The number of aliphatic hydroxyl groups is 3. The Morgan fingerprint density at radius 2 is 1.58 bits per heavy atom. The number of rotatable bonds is 8. The molecule has 0 saturated carbocycles. The molecule has 7 nitrogen and oxygen atoms in total. The molecule has 0 aromatic heterocycles. The lowest BCUT2D eigenvalue weighted by Gasteiger charge is -2.35. The largest absolute Gasteiger partial charge is 0.465 e. The molecule has 1 atom stereocenters. The zero-order valence-electron chi connectivity index (χ0n) is 11.9. The van der Waals surface area contributed by atoms with Gasteiger partial charge in [-0.2, -0.15) is 0 Å². The summed E-state index contributed by atoms with van der Waals surface area (Å²) in [5.41, 5.74) is -0.592. The maximum Gasteiger partial charge on any atom is 0.407 e. The Morgan fingerprint density at radius 3 is 1.89 bits per heavy atom. The maximum atomic E-state index is 11.1. The third-order valence-corrected chi connectivity index (χ3v) is 2.74. The molecule has 0 aliphatic heterocycles. The van der Waals surface area contributed by atoms with Crippen LogP contribution in [0, 0.1) is 0 Å². The van der Waals surface area contributed by atoms with Crippen molar-refractivity contribution in [2.24, 2.45) is 0 Å². The number of hydrogen-bond acceptors (Lipinski definition) is 5. The lowest BCUT2D eigenvalue weighted by Crippen LogP contribution is -2.51. The topological polar surface area (TPSA) is 104 Å². The van der Waals surface area contributed by atoms with Gasteiger partial charge in [-0.15, -0.1) is 0 Å². The molecule has 0 rings (SSSR count). The van der Waals surface area contributed by atoms with Crippen molar-refractivity contribution in [1.29, 1.82) is 0 Å². The van der Waals surface area contributed by atoms with Gasteiger partial charge >= 0.3 is 6.09 Å². The van der Waals surface area contributed by atoms with Gasteiger partial charge in [0.25, 0.3) is 0 Å². The molecule has 0 radical (unpaired) electrons. The normalized spacial score (nSPS) is 13.6. The first-order chi connectivity index (χ1) is 8.72. The smallest absolute Gasteiger partial charge is 0.407 e. The molecule has 0 aliphatic carbocycles. The summed E-state index contributed by atoms with van der Waals surface area (Å²) in [5, 5.41) is 36.8. The van der Waals surface area contributed by atoms with Gasteiger partial charge in [0.05, 0.1) is 25.9 Å². The Morgan fingerprint density at radius 1 is 1.11 bits per heavy atom. The molecule has 0 aliphatic rings. The molecule has 4 N–H and O–H groups in total. The minimum absolute atomic E-state index is 0.00775. The quantitative estimate of drug-likeness (QED) is 0.473. The SMILES string of the molecule is CC(C)(C)N(CC(O)CN(CCO)CCO)C(=O)O. The summed E-state index contributed by atoms with van der Waals surface area (Å²) in [6.07, 6.45) is -1.95. The zero-order valence-corrected chi connectivity index (χ0v) is 11.9. The lowest BCUT2D eigenvalue weighted by atomic mass is 10.1. The summed E-state index contributed by atoms with van der Waals surface area (Å²) < 4.78 is 0. The molecule has 0 bridgehead atoms. The Balaban J connectivity index is 4.47. The third kappa shape index (κ3) is 7.31. The maximum absolute atomic E-state index is 11.1. The fourth-order valence-electron chi connectivity index (χ4n) is 1.78. The predicted octanol–water partition coefficient (Wildman–Crippen LogP) is -0.588. The Bertz CT molecular complexity index is 261. The fraction of sp³-hybridized carbons (Fsp3) is 0.917. The van der Waals surface area contributed by atoms with Gasteiger partial charge in [-0.05, 0) is 20.8 Å². The van der Waals surface area contributed by atoms with Gasteiger partial charge in [0.2, 0.25) is 0 Å². The number of carbonyl (C=O) groups is 1. The summed E-state index contributed by atoms with van der Waals surface area (Å²) in [4.78, 5) is 14.0. The predicted molar refractivity (Wildman–Crippen MR) is 71.1 cm³/mol. The van der Waals surface area contributed by atoms with Gasteiger partial charge < -0.3 is 25.3 Å². The van der Waals surface area contributed by atoms with Crippen molar-refractivity contribution in [2.45, 2.75) is 32.4 Å². The summed E-state index contributed by atoms with van der Waals surface area (Å²) in [6, 6.07) is 0. The Hall–Kier alpha value is -0.890. The van der Waals surface area contributed by atoms with Gasteiger partial charge in [-0.25, -0.2) is 4.79 Å². The molecular formula is C12H26N2O5. The minimum atomic E-state index is -1.08. The van der Waals surface area contributed by atoms with Crippen molar-refractivity contribution in [3.8, 4) is 0 Å². The van der Waals surface area contributed by atoms with E-state index >= 15 is 0 Å². The second-order valence-electron chi connectivity index (χ2n) is 5.47. The summed E-state index contributed by atoms with van der Waals surface area (Å²) in [6.45, 7) is 5.99. The van der Waals surface area contributed by atoms with Crippen LogP contribution in [0.5, 0.6) is 0 Å². The van der Waals surface area contributed by atoms with Gasteiger partial charge in [0.15, 0.2) is 0 Å². The fourth-order valence-corrected chi connectivity index (χ4v) is 1.78. The zero-order chi connectivity index (χ0) is 15.1. The molecule has 7 heteroatoms. The lowest BCUT2D eigenvalue weighted by molar-refractivity contribution is 0.0329. The summed E-state index contributed by atoms with van der Waals surface area (Å²) >= 11 is 0. The van der Waals surface area contributed by atoms with E-state index in [9.17, 15) is 9.90 Å². The van der Waals surface area contributed by atoms with Crippen LogP contribution in [0.3, 0.4) is 0 Å². The van der Waals surface area contributed by atoms with Crippen LogP contribution < -0.4 is 0 Å². The number of carboxylic acid groups (broad SMARTS) is 1. The van der Waals surface area contributed by atoms with Crippen LogP contribution in [0.25, 0.3) is 0 Å². The number of hydrogen-bond donors (Lipinski definition) is 4. The van der Waals surface area contributed by atoms with Gasteiger partial charge in [0.1, 0.15) is 0 Å². The van der Waals surface area contributed by atoms with E-state index in [0.29, 0.717) is 13.1 Å². The third-order valence-electron chi connectivity index (χ3n) is 2.74. The molecule has 0 spiro atoms. The molecular weight excluding hydrogens is 252 g/mol. The highest BCUT2D eigenvalue weighted by molar-refractivity contribution is 5.66. The summed E-state index contributed by atoms with van der Waals surface area (Å²) in [7, 11) is 0. The molecule has 19 heavy (non-hydrogen) atoms. The van der Waals surface area contributed by atoms with Crippen molar-refractivity contribution in [3.63, 3.8) is 0 Å².